The molecule has 0 bridgehead atoms. The molecule has 1 aliphatic carbocycles. The first-order valence-electron chi connectivity index (χ1n) is 9.43. The molecule has 2 aromatic rings. The first kappa shape index (κ1) is 18.6. The van der Waals surface area contributed by atoms with Crippen LogP contribution in [0.3, 0.4) is 0 Å². The number of Topliss-reactive ketones (excluding diaryl/α,β-unsaturated/α-hetero) is 2. The Morgan fingerprint density at radius 3 is 2.50 bits per heavy atom. The van der Waals surface area contributed by atoms with Crippen molar-refractivity contribution in [2.24, 2.45) is 11.3 Å². The molecule has 3 rings (SSSR count). The highest BCUT2D eigenvalue weighted by molar-refractivity contribution is 6.07. The summed E-state index contributed by atoms with van der Waals surface area (Å²) in [4.78, 5) is 25.6. The highest BCUT2D eigenvalue weighted by Gasteiger charge is 2.28. The van der Waals surface area contributed by atoms with E-state index in [1.54, 1.807) is 11.8 Å². The van der Waals surface area contributed by atoms with E-state index in [0.29, 0.717) is 11.4 Å². The fourth-order valence-electron chi connectivity index (χ4n) is 3.51. The van der Waals surface area contributed by atoms with E-state index < -0.39 is 5.41 Å². The largest absolute Gasteiger partial charge is 0.497 e. The van der Waals surface area contributed by atoms with Crippen LogP contribution in [0.4, 0.5) is 0 Å². The maximum Gasteiger partial charge on any atom is 0.186 e. The number of carbonyl (C=O) groups is 2. The van der Waals surface area contributed by atoms with Gasteiger partial charge in [-0.15, -0.1) is 0 Å². The third-order valence-electron chi connectivity index (χ3n) is 5.30. The molecule has 0 radical (unpaired) electrons. The molecular weight excluding hydrogens is 328 g/mol. The molecule has 5 nitrogen and oxygen atoms in total. The Labute approximate surface area is 154 Å². The Morgan fingerprint density at radius 2 is 1.88 bits per heavy atom. The van der Waals surface area contributed by atoms with Crippen molar-refractivity contribution in [2.75, 3.05) is 7.11 Å². The fraction of sp³-hybridized carbons (Fsp3) is 0.571. The molecule has 0 saturated heterocycles. The molecule has 0 N–H and O–H groups in total. The number of ether oxygens (including phenoxy) is 1. The predicted molar refractivity (Wildman–Crippen MR) is 102 cm³/mol. The second-order valence-electron chi connectivity index (χ2n) is 8.26. The number of hydrogen-bond donors (Lipinski definition) is 0. The normalized spacial score (nSPS) is 16.0. The number of fused-ring (bicyclic) bond motifs is 1. The molecule has 0 aliphatic heterocycles. The number of hydrogen-bond acceptors (Lipinski definition) is 4. The summed E-state index contributed by atoms with van der Waals surface area (Å²) in [5.41, 5.74) is 0.822. The van der Waals surface area contributed by atoms with Gasteiger partial charge in [-0.3, -0.25) is 14.3 Å². The number of rotatable bonds is 5. The minimum absolute atomic E-state index is 0.0516. The molecule has 1 aromatic carbocycles. The fourth-order valence-corrected chi connectivity index (χ4v) is 3.51. The Bertz CT molecular complexity index is 824. The maximum atomic E-state index is 13.1. The molecule has 140 valence electrons. The van der Waals surface area contributed by atoms with Crippen LogP contribution in [-0.2, 0) is 11.3 Å². The number of ketones is 2. The van der Waals surface area contributed by atoms with Crippen LogP contribution in [0, 0.1) is 11.3 Å². The summed E-state index contributed by atoms with van der Waals surface area (Å²) in [7, 11) is 1.61. The smallest absolute Gasteiger partial charge is 0.186 e. The lowest BCUT2D eigenvalue weighted by molar-refractivity contribution is -0.127. The topological polar surface area (TPSA) is 61.2 Å². The second kappa shape index (κ2) is 7.22. The molecular formula is C21H28N2O3. The van der Waals surface area contributed by atoms with Crippen LogP contribution in [-0.4, -0.2) is 28.5 Å². The molecule has 5 heteroatoms. The SMILES string of the molecule is COc1ccc2c(C(=O)C3CCCCC3)nn(CC(=O)C(C)(C)C)c2c1. The molecule has 1 aliphatic rings. The van der Waals surface area contributed by atoms with E-state index in [0.717, 1.165) is 36.6 Å². The van der Waals surface area contributed by atoms with Crippen LogP contribution in [0.15, 0.2) is 18.2 Å². The zero-order valence-corrected chi connectivity index (χ0v) is 16.2. The zero-order valence-electron chi connectivity index (χ0n) is 16.2. The molecule has 0 amide bonds. The lowest BCUT2D eigenvalue weighted by atomic mass is 9.85. The summed E-state index contributed by atoms with van der Waals surface area (Å²) >= 11 is 0. The van der Waals surface area contributed by atoms with Crippen molar-refractivity contribution < 1.29 is 14.3 Å². The van der Waals surface area contributed by atoms with Gasteiger partial charge in [-0.05, 0) is 25.0 Å². The van der Waals surface area contributed by atoms with Gasteiger partial charge >= 0.3 is 0 Å². The standard InChI is InChI=1S/C21H28N2O3/c1-21(2,3)18(24)13-23-17-12-15(26-4)10-11-16(17)19(22-23)20(25)14-8-6-5-7-9-14/h10-12,14H,5-9,13H2,1-4H3. The van der Waals surface area contributed by atoms with Gasteiger partial charge in [-0.25, -0.2) is 0 Å². The van der Waals surface area contributed by atoms with Crippen molar-refractivity contribution in [3.05, 3.63) is 23.9 Å². The van der Waals surface area contributed by atoms with Crippen LogP contribution in [0.2, 0.25) is 0 Å². The Morgan fingerprint density at radius 1 is 1.19 bits per heavy atom. The van der Waals surface area contributed by atoms with Gasteiger partial charge < -0.3 is 4.74 Å². The number of carbonyl (C=O) groups excluding carboxylic acids is 2. The summed E-state index contributed by atoms with van der Waals surface area (Å²) in [6.45, 7) is 5.85. The summed E-state index contributed by atoms with van der Waals surface area (Å²) in [5.74, 6) is 0.942. The summed E-state index contributed by atoms with van der Waals surface area (Å²) in [6, 6.07) is 5.59. The Kier molecular flexibility index (Phi) is 5.17. The van der Waals surface area contributed by atoms with Crippen molar-refractivity contribution in [1.29, 1.82) is 0 Å². The molecule has 1 heterocycles. The van der Waals surface area contributed by atoms with E-state index in [-0.39, 0.29) is 24.0 Å². The average Bonchev–Trinajstić information content (AvgIpc) is 2.98. The third kappa shape index (κ3) is 3.67. The van der Waals surface area contributed by atoms with Crippen molar-refractivity contribution in [2.45, 2.75) is 59.4 Å². The first-order chi connectivity index (χ1) is 12.3. The van der Waals surface area contributed by atoms with E-state index in [1.807, 2.05) is 39.0 Å². The molecule has 1 aromatic heterocycles. The van der Waals surface area contributed by atoms with Crippen LogP contribution in [0.25, 0.3) is 10.9 Å². The van der Waals surface area contributed by atoms with Crippen LogP contribution in [0.1, 0.15) is 63.4 Å². The van der Waals surface area contributed by atoms with E-state index in [9.17, 15) is 9.59 Å². The minimum Gasteiger partial charge on any atom is -0.497 e. The Balaban J connectivity index is 2.03. The predicted octanol–water partition coefficient (Wildman–Crippen LogP) is 4.42. The summed E-state index contributed by atoms with van der Waals surface area (Å²) < 4.78 is 6.99. The molecule has 0 atom stereocenters. The van der Waals surface area contributed by atoms with E-state index >= 15 is 0 Å². The van der Waals surface area contributed by atoms with Gasteiger partial charge in [0.25, 0.3) is 0 Å². The van der Waals surface area contributed by atoms with Gasteiger partial charge in [0, 0.05) is 22.8 Å². The van der Waals surface area contributed by atoms with Gasteiger partial charge in [-0.1, -0.05) is 40.0 Å². The maximum absolute atomic E-state index is 13.1. The van der Waals surface area contributed by atoms with Crippen molar-refractivity contribution >= 4 is 22.5 Å². The Hall–Kier alpha value is -2.17. The average molecular weight is 356 g/mol. The zero-order chi connectivity index (χ0) is 18.9. The lowest BCUT2D eigenvalue weighted by Crippen LogP contribution is -2.25. The van der Waals surface area contributed by atoms with Crippen molar-refractivity contribution in [1.82, 2.24) is 9.78 Å². The second-order valence-corrected chi connectivity index (χ2v) is 8.26. The van der Waals surface area contributed by atoms with Gasteiger partial charge in [0.1, 0.15) is 18.0 Å². The van der Waals surface area contributed by atoms with Crippen LogP contribution >= 0.6 is 0 Å². The van der Waals surface area contributed by atoms with E-state index in [1.165, 1.54) is 6.42 Å². The summed E-state index contributed by atoms with van der Waals surface area (Å²) in [5, 5.41) is 5.39. The van der Waals surface area contributed by atoms with Crippen LogP contribution in [0.5, 0.6) is 5.75 Å². The number of nitrogens with zero attached hydrogens (tertiary/aromatic N) is 2. The highest BCUT2D eigenvalue weighted by Crippen LogP contribution is 2.31. The molecule has 26 heavy (non-hydrogen) atoms. The number of methoxy groups -OCH3 is 1. The number of benzene rings is 1. The lowest BCUT2D eigenvalue weighted by Gasteiger charge is -2.19. The molecule has 1 saturated carbocycles. The van der Waals surface area contributed by atoms with Gasteiger partial charge in [0.2, 0.25) is 0 Å². The third-order valence-corrected chi connectivity index (χ3v) is 5.30. The van der Waals surface area contributed by atoms with Crippen molar-refractivity contribution in [3.63, 3.8) is 0 Å². The van der Waals surface area contributed by atoms with Gasteiger partial charge in [0.05, 0.1) is 12.6 Å². The molecule has 0 unspecified atom stereocenters. The first-order valence-corrected chi connectivity index (χ1v) is 9.43. The quantitative estimate of drug-likeness (QED) is 0.744. The highest BCUT2D eigenvalue weighted by atomic mass is 16.5. The van der Waals surface area contributed by atoms with Crippen molar-refractivity contribution in [3.8, 4) is 5.75 Å². The summed E-state index contributed by atoms with van der Waals surface area (Å²) in [6.07, 6.45) is 5.28. The van der Waals surface area contributed by atoms with Gasteiger partial charge in [-0.2, -0.15) is 5.10 Å². The number of aromatic nitrogens is 2. The minimum atomic E-state index is -0.454. The van der Waals surface area contributed by atoms with E-state index in [4.69, 9.17) is 4.74 Å². The monoisotopic (exact) mass is 356 g/mol. The van der Waals surface area contributed by atoms with Gasteiger partial charge in [0.15, 0.2) is 11.6 Å². The van der Waals surface area contributed by atoms with E-state index in [2.05, 4.69) is 5.10 Å². The van der Waals surface area contributed by atoms with Crippen LogP contribution < -0.4 is 4.74 Å². The molecule has 1 fully saturated rings. The molecule has 0 spiro atoms.